The van der Waals surface area contributed by atoms with Crippen molar-refractivity contribution in [3.05, 3.63) is 35.1 Å². The minimum Gasteiger partial charge on any atom is -0.384 e. The zero-order valence-electron chi connectivity index (χ0n) is 11.6. The average Bonchev–Trinajstić information content (AvgIpc) is 2.35. The zero-order chi connectivity index (χ0) is 15.5. The molecule has 1 rings (SSSR count). The molecule has 0 atom stereocenters. The van der Waals surface area contributed by atoms with Gasteiger partial charge < -0.3 is 5.73 Å². The van der Waals surface area contributed by atoms with E-state index in [1.165, 1.54) is 19.2 Å². The van der Waals surface area contributed by atoms with E-state index < -0.39 is 16.0 Å². The quantitative estimate of drug-likeness (QED) is 0.535. The minimum atomic E-state index is -3.65. The number of nitrogens with one attached hydrogen (secondary N) is 2. The predicted octanol–water partition coefficient (Wildman–Crippen LogP) is 0.784. The maximum Gasteiger partial charge on any atom is 0.279 e. The highest BCUT2D eigenvalue weighted by atomic mass is 32.2. The molecule has 0 aliphatic carbocycles. The molecule has 4 N–H and O–H groups in total. The van der Waals surface area contributed by atoms with Crippen LogP contribution in [-0.4, -0.2) is 31.6 Å². The highest BCUT2D eigenvalue weighted by Gasteiger charge is 2.20. The Kier molecular flexibility index (Phi) is 5.21. The summed E-state index contributed by atoms with van der Waals surface area (Å²) in [4.78, 5) is 0. The van der Waals surface area contributed by atoms with E-state index in [2.05, 4.69) is 4.72 Å². The number of nitrogens with zero attached hydrogens (tertiary/aromatic N) is 1. The van der Waals surface area contributed by atoms with Crippen LogP contribution >= 0.6 is 0 Å². The highest BCUT2D eigenvalue weighted by Crippen LogP contribution is 2.11. The first-order valence-electron chi connectivity index (χ1n) is 6.00. The fourth-order valence-corrected chi connectivity index (χ4v) is 2.50. The van der Waals surface area contributed by atoms with Crippen molar-refractivity contribution in [2.75, 3.05) is 7.05 Å². The van der Waals surface area contributed by atoms with Gasteiger partial charge in [-0.05, 0) is 19.9 Å². The lowest BCUT2D eigenvalue weighted by atomic mass is 10.1. The normalized spacial score (nSPS) is 12.1. The Hall–Kier alpha value is -1.51. The maximum absolute atomic E-state index is 13.7. The average molecular weight is 302 g/mol. The molecular weight excluding hydrogens is 283 g/mol. The van der Waals surface area contributed by atoms with Crippen molar-refractivity contribution in [1.82, 2.24) is 9.03 Å². The van der Waals surface area contributed by atoms with Crippen LogP contribution < -0.4 is 10.5 Å². The Morgan fingerprint density at radius 3 is 2.55 bits per heavy atom. The third-order valence-electron chi connectivity index (χ3n) is 2.92. The first-order chi connectivity index (χ1) is 9.15. The maximum atomic E-state index is 13.7. The molecule has 0 aliphatic heterocycles. The second-order valence-corrected chi connectivity index (χ2v) is 6.47. The Morgan fingerprint density at radius 2 is 2.10 bits per heavy atom. The van der Waals surface area contributed by atoms with Crippen LogP contribution in [0, 0.1) is 11.2 Å². The molecule has 0 spiro atoms. The Morgan fingerprint density at radius 1 is 1.50 bits per heavy atom. The topological polar surface area (TPSA) is 99.3 Å². The van der Waals surface area contributed by atoms with Gasteiger partial charge in [-0.25, -0.2) is 4.39 Å². The number of nitrogen functional groups attached to an aromatic ring is 1. The smallest absolute Gasteiger partial charge is 0.279 e. The third-order valence-corrected chi connectivity index (χ3v) is 4.60. The molecule has 0 radical (unpaired) electrons. The van der Waals surface area contributed by atoms with Crippen LogP contribution in [0.25, 0.3) is 0 Å². The summed E-state index contributed by atoms with van der Waals surface area (Å²) in [7, 11) is -2.20. The van der Waals surface area contributed by atoms with E-state index in [0.29, 0.717) is 0 Å². The summed E-state index contributed by atoms with van der Waals surface area (Å²) in [6.45, 7) is 3.31. The zero-order valence-corrected chi connectivity index (χ0v) is 12.5. The molecule has 0 saturated carbocycles. The van der Waals surface area contributed by atoms with E-state index in [1.807, 2.05) is 0 Å². The van der Waals surface area contributed by atoms with E-state index >= 15 is 0 Å². The Bertz CT molecular complexity index is 601. The predicted molar refractivity (Wildman–Crippen MR) is 76.1 cm³/mol. The van der Waals surface area contributed by atoms with Crippen molar-refractivity contribution in [1.29, 1.82) is 5.41 Å². The summed E-state index contributed by atoms with van der Waals surface area (Å²) < 4.78 is 41.0. The highest BCUT2D eigenvalue weighted by molar-refractivity contribution is 7.87. The SMILES string of the molecule is CC(C)N(C)S(=O)(=O)NCc1ccc(C(=N)N)cc1F. The first-order valence-corrected chi connectivity index (χ1v) is 7.44. The fraction of sp³-hybridized carbons (Fsp3) is 0.417. The van der Waals surface area contributed by atoms with Gasteiger partial charge in [-0.1, -0.05) is 12.1 Å². The van der Waals surface area contributed by atoms with Gasteiger partial charge in [0.25, 0.3) is 10.2 Å². The number of nitrogens with two attached hydrogens (primary N) is 1. The van der Waals surface area contributed by atoms with E-state index in [0.717, 1.165) is 10.4 Å². The van der Waals surface area contributed by atoms with Crippen molar-refractivity contribution in [3.8, 4) is 0 Å². The van der Waals surface area contributed by atoms with Gasteiger partial charge in [-0.15, -0.1) is 0 Å². The molecule has 0 fully saturated rings. The van der Waals surface area contributed by atoms with Crippen molar-refractivity contribution in [2.45, 2.75) is 26.4 Å². The van der Waals surface area contributed by atoms with Crippen LogP contribution in [0.3, 0.4) is 0 Å². The van der Waals surface area contributed by atoms with Gasteiger partial charge >= 0.3 is 0 Å². The molecule has 20 heavy (non-hydrogen) atoms. The molecule has 0 saturated heterocycles. The monoisotopic (exact) mass is 302 g/mol. The summed E-state index contributed by atoms with van der Waals surface area (Å²) in [5.41, 5.74) is 5.70. The number of hydrogen-bond acceptors (Lipinski definition) is 3. The lowest BCUT2D eigenvalue weighted by molar-refractivity contribution is 0.402. The fourth-order valence-electron chi connectivity index (χ4n) is 1.41. The molecular formula is C12H19FN4O2S. The molecule has 0 unspecified atom stereocenters. The molecule has 0 amide bonds. The molecule has 112 valence electrons. The van der Waals surface area contributed by atoms with Crippen molar-refractivity contribution in [2.24, 2.45) is 5.73 Å². The molecule has 0 bridgehead atoms. The van der Waals surface area contributed by atoms with E-state index in [9.17, 15) is 12.8 Å². The molecule has 0 aromatic heterocycles. The molecule has 1 aromatic carbocycles. The van der Waals surface area contributed by atoms with Crippen molar-refractivity contribution < 1.29 is 12.8 Å². The van der Waals surface area contributed by atoms with Crippen LogP contribution in [0.1, 0.15) is 25.0 Å². The largest absolute Gasteiger partial charge is 0.384 e. The number of benzene rings is 1. The number of halogens is 1. The second kappa shape index (κ2) is 6.29. The van der Waals surface area contributed by atoms with Crippen molar-refractivity contribution in [3.63, 3.8) is 0 Å². The number of hydrogen-bond donors (Lipinski definition) is 3. The van der Waals surface area contributed by atoms with Gasteiger partial charge in [0.1, 0.15) is 11.7 Å². The number of rotatable bonds is 6. The summed E-state index contributed by atoms with van der Waals surface area (Å²) in [6.07, 6.45) is 0. The van der Waals surface area contributed by atoms with Crippen LogP contribution in [-0.2, 0) is 16.8 Å². The van der Waals surface area contributed by atoms with Crippen molar-refractivity contribution >= 4 is 16.0 Å². The minimum absolute atomic E-state index is 0.163. The molecule has 1 aromatic rings. The van der Waals surface area contributed by atoms with Gasteiger partial charge in [0.05, 0.1) is 0 Å². The van der Waals surface area contributed by atoms with E-state index in [1.54, 1.807) is 13.8 Å². The van der Waals surface area contributed by atoms with Gasteiger partial charge in [0.2, 0.25) is 0 Å². The summed E-state index contributed by atoms with van der Waals surface area (Å²) in [6, 6.07) is 3.79. The van der Waals surface area contributed by atoms with E-state index in [4.69, 9.17) is 11.1 Å². The van der Waals surface area contributed by atoms with Crippen LogP contribution in [0.15, 0.2) is 18.2 Å². The molecule has 0 heterocycles. The van der Waals surface area contributed by atoms with Gasteiger partial charge in [-0.3, -0.25) is 5.41 Å². The Balaban J connectivity index is 2.83. The summed E-state index contributed by atoms with van der Waals surface area (Å²) >= 11 is 0. The molecule has 0 aliphatic rings. The Labute approximate surface area is 118 Å². The van der Waals surface area contributed by atoms with Crippen LogP contribution in [0.2, 0.25) is 0 Å². The lowest BCUT2D eigenvalue weighted by Gasteiger charge is -2.21. The summed E-state index contributed by atoms with van der Waals surface area (Å²) in [5, 5.41) is 7.20. The van der Waals surface area contributed by atoms with Crippen LogP contribution in [0.5, 0.6) is 0 Å². The third kappa shape index (κ3) is 3.99. The van der Waals surface area contributed by atoms with Gasteiger partial charge in [0, 0.05) is 30.8 Å². The first kappa shape index (κ1) is 16.5. The molecule has 6 nitrogen and oxygen atoms in total. The second-order valence-electron chi connectivity index (χ2n) is 4.66. The summed E-state index contributed by atoms with van der Waals surface area (Å²) in [5.74, 6) is -0.844. The molecule has 8 heteroatoms. The van der Waals surface area contributed by atoms with Gasteiger partial charge in [0.15, 0.2) is 0 Å². The van der Waals surface area contributed by atoms with Gasteiger partial charge in [-0.2, -0.15) is 17.4 Å². The van der Waals surface area contributed by atoms with E-state index in [-0.39, 0.29) is 29.5 Å². The standard InChI is InChI=1S/C12H19FN4O2S/c1-8(2)17(3)20(18,19)16-7-10-5-4-9(12(14)15)6-11(10)13/h4-6,8,16H,7H2,1-3H3,(H3,14,15). The van der Waals surface area contributed by atoms with Crippen LogP contribution in [0.4, 0.5) is 4.39 Å². The number of amidine groups is 1. The lowest BCUT2D eigenvalue weighted by Crippen LogP contribution is -2.41.